The Bertz CT molecular complexity index is 456. The van der Waals surface area contributed by atoms with E-state index in [9.17, 15) is 10.1 Å². The van der Waals surface area contributed by atoms with Gasteiger partial charge in [-0.05, 0) is 57.8 Å². The molecular formula is C15H22N2O3. The standard InChI is InChI=1S/C15H22N2O3/c1-20-15-8-7-14(17(18)19)12-13(15)6-2-3-9-16-10-4-5-11-16/h7-8,12H,2-6,9-11H2,1H3. The van der Waals surface area contributed by atoms with Crippen LogP contribution in [0.2, 0.25) is 0 Å². The monoisotopic (exact) mass is 278 g/mol. The van der Waals surface area contributed by atoms with Gasteiger partial charge in [-0.3, -0.25) is 10.1 Å². The molecule has 1 aromatic carbocycles. The molecule has 0 saturated carbocycles. The first-order valence-corrected chi connectivity index (χ1v) is 7.24. The van der Waals surface area contributed by atoms with Gasteiger partial charge in [-0.25, -0.2) is 0 Å². The lowest BCUT2D eigenvalue weighted by Crippen LogP contribution is -2.20. The molecule has 0 radical (unpaired) electrons. The normalized spacial score (nSPS) is 15.4. The molecule has 0 amide bonds. The van der Waals surface area contributed by atoms with Gasteiger partial charge in [0.2, 0.25) is 0 Å². The minimum Gasteiger partial charge on any atom is -0.496 e. The minimum atomic E-state index is -0.354. The van der Waals surface area contributed by atoms with Crippen LogP contribution in [-0.4, -0.2) is 36.6 Å². The number of likely N-dealkylation sites (tertiary alicyclic amines) is 1. The molecule has 1 heterocycles. The molecule has 0 bridgehead atoms. The maximum Gasteiger partial charge on any atom is 0.269 e. The van der Waals surface area contributed by atoms with Gasteiger partial charge in [0.15, 0.2) is 0 Å². The highest BCUT2D eigenvalue weighted by Gasteiger charge is 2.13. The van der Waals surface area contributed by atoms with Crippen molar-refractivity contribution in [3.63, 3.8) is 0 Å². The van der Waals surface area contributed by atoms with Crippen LogP contribution in [0.1, 0.15) is 31.2 Å². The third kappa shape index (κ3) is 3.93. The number of benzene rings is 1. The van der Waals surface area contributed by atoms with E-state index >= 15 is 0 Å². The highest BCUT2D eigenvalue weighted by molar-refractivity contribution is 5.43. The zero-order valence-corrected chi connectivity index (χ0v) is 12.0. The summed E-state index contributed by atoms with van der Waals surface area (Å²) in [7, 11) is 1.61. The predicted octanol–water partition coefficient (Wildman–Crippen LogP) is 3.02. The van der Waals surface area contributed by atoms with Gasteiger partial charge in [0.05, 0.1) is 12.0 Å². The second kappa shape index (κ2) is 7.24. The second-order valence-corrected chi connectivity index (χ2v) is 5.26. The van der Waals surface area contributed by atoms with Crippen LogP contribution >= 0.6 is 0 Å². The van der Waals surface area contributed by atoms with Crippen molar-refractivity contribution in [1.29, 1.82) is 0 Å². The first-order valence-electron chi connectivity index (χ1n) is 7.24. The molecule has 1 saturated heterocycles. The molecule has 5 heteroatoms. The smallest absolute Gasteiger partial charge is 0.269 e. The summed E-state index contributed by atoms with van der Waals surface area (Å²) in [6.07, 6.45) is 5.63. The molecule has 0 N–H and O–H groups in total. The maximum absolute atomic E-state index is 10.8. The first kappa shape index (κ1) is 14.8. The molecule has 0 spiro atoms. The van der Waals surface area contributed by atoms with Crippen LogP contribution in [0, 0.1) is 10.1 Å². The quantitative estimate of drug-likeness (QED) is 0.437. The summed E-state index contributed by atoms with van der Waals surface area (Å²) >= 11 is 0. The molecule has 1 fully saturated rings. The number of nitro benzene ring substituents is 1. The molecule has 110 valence electrons. The van der Waals surface area contributed by atoms with E-state index in [1.807, 2.05) is 0 Å². The second-order valence-electron chi connectivity index (χ2n) is 5.26. The molecule has 0 atom stereocenters. The van der Waals surface area contributed by atoms with Crippen molar-refractivity contribution in [3.05, 3.63) is 33.9 Å². The van der Waals surface area contributed by atoms with E-state index in [1.165, 1.54) is 32.0 Å². The van der Waals surface area contributed by atoms with E-state index in [2.05, 4.69) is 4.90 Å². The summed E-state index contributed by atoms with van der Waals surface area (Å²) in [4.78, 5) is 13.0. The van der Waals surface area contributed by atoms with Gasteiger partial charge in [0.1, 0.15) is 5.75 Å². The zero-order valence-electron chi connectivity index (χ0n) is 12.0. The SMILES string of the molecule is COc1ccc([N+](=O)[O-])cc1CCCCN1CCCC1. The Morgan fingerprint density at radius 3 is 2.70 bits per heavy atom. The Morgan fingerprint density at radius 2 is 2.05 bits per heavy atom. The third-order valence-electron chi connectivity index (χ3n) is 3.84. The number of ether oxygens (including phenoxy) is 1. The molecule has 2 rings (SSSR count). The molecular weight excluding hydrogens is 256 g/mol. The molecule has 0 unspecified atom stereocenters. The Labute approximate surface area is 119 Å². The van der Waals surface area contributed by atoms with Crippen LogP contribution < -0.4 is 4.74 Å². The van der Waals surface area contributed by atoms with Gasteiger partial charge in [0, 0.05) is 17.7 Å². The summed E-state index contributed by atoms with van der Waals surface area (Å²) in [6.45, 7) is 3.58. The average Bonchev–Trinajstić information content (AvgIpc) is 2.96. The largest absolute Gasteiger partial charge is 0.496 e. The average molecular weight is 278 g/mol. The lowest BCUT2D eigenvalue weighted by Gasteiger charge is -2.14. The lowest BCUT2D eigenvalue weighted by atomic mass is 10.1. The van der Waals surface area contributed by atoms with Crippen molar-refractivity contribution in [1.82, 2.24) is 4.90 Å². The topological polar surface area (TPSA) is 55.6 Å². The number of methoxy groups -OCH3 is 1. The van der Waals surface area contributed by atoms with Crippen molar-refractivity contribution in [2.75, 3.05) is 26.7 Å². The van der Waals surface area contributed by atoms with E-state index in [0.717, 1.165) is 37.1 Å². The number of unbranched alkanes of at least 4 members (excludes halogenated alkanes) is 1. The number of aryl methyl sites for hydroxylation is 1. The molecule has 0 aromatic heterocycles. The van der Waals surface area contributed by atoms with E-state index in [-0.39, 0.29) is 10.6 Å². The Hall–Kier alpha value is -1.62. The molecule has 5 nitrogen and oxygen atoms in total. The van der Waals surface area contributed by atoms with Crippen LogP contribution in [-0.2, 0) is 6.42 Å². The fraction of sp³-hybridized carbons (Fsp3) is 0.600. The fourth-order valence-electron chi connectivity index (χ4n) is 2.73. The molecule has 1 aliphatic heterocycles. The van der Waals surface area contributed by atoms with Gasteiger partial charge in [-0.15, -0.1) is 0 Å². The lowest BCUT2D eigenvalue weighted by molar-refractivity contribution is -0.384. The van der Waals surface area contributed by atoms with E-state index in [0.29, 0.717) is 0 Å². The predicted molar refractivity (Wildman–Crippen MR) is 78.3 cm³/mol. The first-order chi connectivity index (χ1) is 9.70. The van der Waals surface area contributed by atoms with Gasteiger partial charge in [-0.1, -0.05) is 0 Å². The number of hydrogen-bond acceptors (Lipinski definition) is 4. The van der Waals surface area contributed by atoms with Crippen molar-refractivity contribution in [2.45, 2.75) is 32.1 Å². The fourth-order valence-corrected chi connectivity index (χ4v) is 2.73. The Morgan fingerprint density at radius 1 is 1.30 bits per heavy atom. The number of rotatable bonds is 7. The summed E-state index contributed by atoms with van der Waals surface area (Å²) < 4.78 is 5.28. The summed E-state index contributed by atoms with van der Waals surface area (Å²) in [5.41, 5.74) is 1.07. The maximum atomic E-state index is 10.8. The van der Waals surface area contributed by atoms with Crippen molar-refractivity contribution in [3.8, 4) is 5.75 Å². The number of hydrogen-bond donors (Lipinski definition) is 0. The van der Waals surface area contributed by atoms with Crippen LogP contribution in [0.5, 0.6) is 5.75 Å². The van der Waals surface area contributed by atoms with E-state index < -0.39 is 0 Å². The van der Waals surface area contributed by atoms with Crippen LogP contribution in [0.3, 0.4) is 0 Å². The van der Waals surface area contributed by atoms with Gasteiger partial charge in [0.25, 0.3) is 5.69 Å². The zero-order chi connectivity index (χ0) is 14.4. The van der Waals surface area contributed by atoms with Crippen molar-refractivity contribution in [2.24, 2.45) is 0 Å². The van der Waals surface area contributed by atoms with Gasteiger partial charge < -0.3 is 9.64 Å². The minimum absolute atomic E-state index is 0.139. The number of nitro groups is 1. The number of non-ortho nitro benzene ring substituents is 1. The summed E-state index contributed by atoms with van der Waals surface area (Å²) in [5.74, 6) is 0.747. The molecule has 1 aliphatic rings. The third-order valence-corrected chi connectivity index (χ3v) is 3.84. The Balaban J connectivity index is 1.86. The Kier molecular flexibility index (Phi) is 5.35. The van der Waals surface area contributed by atoms with Crippen LogP contribution in [0.4, 0.5) is 5.69 Å². The van der Waals surface area contributed by atoms with Crippen molar-refractivity contribution < 1.29 is 9.66 Å². The molecule has 1 aromatic rings. The summed E-state index contributed by atoms with van der Waals surface area (Å²) in [5, 5.41) is 10.8. The van der Waals surface area contributed by atoms with E-state index in [4.69, 9.17) is 4.74 Å². The van der Waals surface area contributed by atoms with Crippen molar-refractivity contribution >= 4 is 5.69 Å². The number of nitrogens with zero attached hydrogens (tertiary/aromatic N) is 2. The highest BCUT2D eigenvalue weighted by atomic mass is 16.6. The van der Waals surface area contributed by atoms with E-state index in [1.54, 1.807) is 19.2 Å². The molecule has 0 aliphatic carbocycles. The van der Waals surface area contributed by atoms with Gasteiger partial charge >= 0.3 is 0 Å². The van der Waals surface area contributed by atoms with Gasteiger partial charge in [-0.2, -0.15) is 0 Å². The van der Waals surface area contributed by atoms with Crippen LogP contribution in [0.25, 0.3) is 0 Å². The molecule has 20 heavy (non-hydrogen) atoms. The van der Waals surface area contributed by atoms with Crippen LogP contribution in [0.15, 0.2) is 18.2 Å². The highest BCUT2D eigenvalue weighted by Crippen LogP contribution is 2.25. The summed E-state index contributed by atoms with van der Waals surface area (Å²) in [6, 6.07) is 4.81.